The Labute approximate surface area is 170 Å². The van der Waals surface area contributed by atoms with E-state index in [9.17, 15) is 4.79 Å². The van der Waals surface area contributed by atoms with E-state index in [1.165, 1.54) is 5.56 Å². The van der Waals surface area contributed by atoms with Crippen molar-refractivity contribution >= 4 is 21.8 Å². The molecule has 0 unspecified atom stereocenters. The summed E-state index contributed by atoms with van der Waals surface area (Å²) < 4.78 is 8.59. The molecule has 0 saturated heterocycles. The van der Waals surface area contributed by atoms with Gasteiger partial charge in [0.1, 0.15) is 11.6 Å². The normalized spacial score (nSPS) is 16.0. The van der Waals surface area contributed by atoms with Crippen LogP contribution in [-0.4, -0.2) is 37.3 Å². The molecule has 2 aromatic heterocycles. The Morgan fingerprint density at radius 1 is 1.18 bits per heavy atom. The van der Waals surface area contributed by atoms with E-state index in [-0.39, 0.29) is 5.91 Å². The van der Waals surface area contributed by atoms with E-state index in [1.54, 1.807) is 4.90 Å². The highest BCUT2D eigenvalue weighted by molar-refractivity contribution is 9.10. The molecule has 0 atom stereocenters. The predicted octanol–water partition coefficient (Wildman–Crippen LogP) is 3.15. The summed E-state index contributed by atoms with van der Waals surface area (Å²) >= 11 is 3.51. The molecule has 1 aromatic carbocycles. The smallest absolute Gasteiger partial charge is 0.276 e. The largest absolute Gasteiger partial charge is 0.360 e. The molecule has 0 N–H and O–H groups in total. The number of fused-ring (bicyclic) bond motifs is 2. The quantitative estimate of drug-likeness (QED) is 0.623. The molecular formula is C20H20BrN5O2. The SMILES string of the molecule is O=C(c1noc2c1CCCC2)N1CCn2c(Cc3cccc(Br)c3)nnc2C1. The third-order valence-electron chi connectivity index (χ3n) is 5.52. The first kappa shape index (κ1) is 17.6. The second-order valence-corrected chi connectivity index (χ2v) is 8.27. The van der Waals surface area contributed by atoms with E-state index in [0.29, 0.717) is 25.3 Å². The molecule has 0 fully saturated rings. The first-order valence-electron chi connectivity index (χ1n) is 9.61. The second-order valence-electron chi connectivity index (χ2n) is 7.36. The van der Waals surface area contributed by atoms with Crippen molar-refractivity contribution in [3.05, 3.63) is 63.0 Å². The van der Waals surface area contributed by atoms with Crippen molar-refractivity contribution < 1.29 is 9.32 Å². The van der Waals surface area contributed by atoms with Crippen LogP contribution in [0.25, 0.3) is 0 Å². The Hall–Kier alpha value is -2.48. The lowest BCUT2D eigenvalue weighted by Crippen LogP contribution is -2.39. The van der Waals surface area contributed by atoms with Gasteiger partial charge in [-0.25, -0.2) is 0 Å². The second kappa shape index (κ2) is 7.16. The fourth-order valence-electron chi connectivity index (χ4n) is 4.05. The third kappa shape index (κ3) is 3.15. The predicted molar refractivity (Wildman–Crippen MR) is 105 cm³/mol. The average molecular weight is 442 g/mol. The van der Waals surface area contributed by atoms with Crippen LogP contribution >= 0.6 is 15.9 Å². The minimum absolute atomic E-state index is 0.0605. The lowest BCUT2D eigenvalue weighted by atomic mass is 9.96. The first-order valence-corrected chi connectivity index (χ1v) is 10.4. The average Bonchev–Trinajstić information content (AvgIpc) is 3.31. The zero-order valence-electron chi connectivity index (χ0n) is 15.4. The highest BCUT2D eigenvalue weighted by Crippen LogP contribution is 2.26. The van der Waals surface area contributed by atoms with Gasteiger partial charge < -0.3 is 14.0 Å². The van der Waals surface area contributed by atoms with Crippen molar-refractivity contribution in [2.24, 2.45) is 0 Å². The Bertz CT molecular complexity index is 1040. The monoisotopic (exact) mass is 441 g/mol. The molecule has 1 aliphatic carbocycles. The van der Waals surface area contributed by atoms with E-state index >= 15 is 0 Å². The molecule has 0 saturated carbocycles. The first-order chi connectivity index (χ1) is 13.7. The Morgan fingerprint density at radius 3 is 2.96 bits per heavy atom. The Morgan fingerprint density at radius 2 is 2.07 bits per heavy atom. The van der Waals surface area contributed by atoms with Crippen LogP contribution in [0, 0.1) is 0 Å². The Kier molecular flexibility index (Phi) is 4.50. The molecule has 2 aliphatic rings. The van der Waals surface area contributed by atoms with Crippen LogP contribution in [-0.2, 0) is 32.4 Å². The summed E-state index contributed by atoms with van der Waals surface area (Å²) in [6, 6.07) is 8.20. The molecule has 0 radical (unpaired) electrons. The fraction of sp³-hybridized carbons (Fsp3) is 0.400. The number of carbonyl (C=O) groups is 1. The molecule has 8 heteroatoms. The topological polar surface area (TPSA) is 77.0 Å². The minimum atomic E-state index is -0.0605. The number of amides is 1. The van der Waals surface area contributed by atoms with Gasteiger partial charge in [-0.3, -0.25) is 4.79 Å². The number of aromatic nitrogens is 4. The molecule has 144 valence electrons. The standard InChI is InChI=1S/C20H20BrN5O2/c21-14-5-3-4-13(10-14)11-17-22-23-18-12-25(8-9-26(17)18)20(27)19-15-6-1-2-7-16(15)28-24-19/h3-5,10H,1-2,6-9,11-12H2. The van der Waals surface area contributed by atoms with Crippen LogP contribution < -0.4 is 0 Å². The maximum Gasteiger partial charge on any atom is 0.276 e. The molecule has 1 aliphatic heterocycles. The maximum atomic E-state index is 13.0. The summed E-state index contributed by atoms with van der Waals surface area (Å²) in [6.45, 7) is 1.76. The van der Waals surface area contributed by atoms with Gasteiger partial charge in [0, 0.05) is 36.0 Å². The lowest BCUT2D eigenvalue weighted by Gasteiger charge is -2.27. The molecule has 28 heavy (non-hydrogen) atoms. The molecule has 0 bridgehead atoms. The summed E-state index contributed by atoms with van der Waals surface area (Å²) in [6.07, 6.45) is 4.66. The molecule has 5 rings (SSSR count). The van der Waals surface area contributed by atoms with Crippen molar-refractivity contribution in [3.8, 4) is 0 Å². The van der Waals surface area contributed by atoms with Crippen molar-refractivity contribution in [1.82, 2.24) is 24.8 Å². The van der Waals surface area contributed by atoms with Gasteiger partial charge in [-0.1, -0.05) is 33.2 Å². The van der Waals surface area contributed by atoms with Crippen LogP contribution in [0.5, 0.6) is 0 Å². The van der Waals surface area contributed by atoms with E-state index in [0.717, 1.165) is 59.5 Å². The van der Waals surface area contributed by atoms with Crippen molar-refractivity contribution in [2.45, 2.75) is 45.2 Å². The zero-order valence-corrected chi connectivity index (χ0v) is 17.0. The van der Waals surface area contributed by atoms with Crippen molar-refractivity contribution in [3.63, 3.8) is 0 Å². The van der Waals surface area contributed by atoms with Gasteiger partial charge in [-0.15, -0.1) is 10.2 Å². The summed E-state index contributed by atoms with van der Waals surface area (Å²) in [5, 5.41) is 12.8. The molecule has 0 spiro atoms. The number of hydrogen-bond acceptors (Lipinski definition) is 5. The zero-order chi connectivity index (χ0) is 19.1. The van der Waals surface area contributed by atoms with Gasteiger partial charge in [-0.2, -0.15) is 0 Å². The number of rotatable bonds is 3. The van der Waals surface area contributed by atoms with Gasteiger partial charge in [0.15, 0.2) is 11.5 Å². The van der Waals surface area contributed by atoms with Gasteiger partial charge >= 0.3 is 0 Å². The molecule has 7 nitrogen and oxygen atoms in total. The molecule has 1 amide bonds. The van der Waals surface area contributed by atoms with Gasteiger partial charge in [0.05, 0.1) is 6.54 Å². The molecule has 3 aromatic rings. The van der Waals surface area contributed by atoms with Crippen LogP contribution in [0.2, 0.25) is 0 Å². The number of aryl methyl sites for hydroxylation is 1. The number of halogens is 1. The summed E-state index contributed by atoms with van der Waals surface area (Å²) in [5.74, 6) is 2.57. The van der Waals surface area contributed by atoms with Crippen molar-refractivity contribution in [1.29, 1.82) is 0 Å². The highest BCUT2D eigenvalue weighted by atomic mass is 79.9. The van der Waals surface area contributed by atoms with Crippen LogP contribution in [0.4, 0.5) is 0 Å². The molecule has 3 heterocycles. The molecular weight excluding hydrogens is 422 g/mol. The third-order valence-corrected chi connectivity index (χ3v) is 6.01. The van der Waals surface area contributed by atoms with Gasteiger partial charge in [0.2, 0.25) is 0 Å². The summed E-state index contributed by atoms with van der Waals surface area (Å²) in [4.78, 5) is 14.8. The number of nitrogens with zero attached hydrogens (tertiary/aromatic N) is 5. The van der Waals surface area contributed by atoms with Crippen LogP contribution in [0.1, 0.15) is 51.9 Å². The van der Waals surface area contributed by atoms with Gasteiger partial charge in [0.25, 0.3) is 5.91 Å². The van der Waals surface area contributed by atoms with Gasteiger partial charge in [-0.05, 0) is 37.0 Å². The number of hydrogen-bond donors (Lipinski definition) is 0. The minimum Gasteiger partial charge on any atom is -0.360 e. The van der Waals surface area contributed by atoms with E-state index < -0.39 is 0 Å². The van der Waals surface area contributed by atoms with Crippen molar-refractivity contribution in [2.75, 3.05) is 6.54 Å². The maximum absolute atomic E-state index is 13.0. The van der Waals surface area contributed by atoms with Crippen LogP contribution in [0.3, 0.4) is 0 Å². The fourth-order valence-corrected chi connectivity index (χ4v) is 4.50. The van der Waals surface area contributed by atoms with E-state index in [1.807, 2.05) is 12.1 Å². The van der Waals surface area contributed by atoms with E-state index in [2.05, 4.69) is 48.0 Å². The Balaban J connectivity index is 1.34. The lowest BCUT2D eigenvalue weighted by molar-refractivity contribution is 0.0695. The van der Waals surface area contributed by atoms with Crippen LogP contribution in [0.15, 0.2) is 33.3 Å². The number of carbonyl (C=O) groups excluding carboxylic acids is 1. The van der Waals surface area contributed by atoms with E-state index in [4.69, 9.17) is 4.52 Å². The number of benzene rings is 1. The summed E-state index contributed by atoms with van der Waals surface area (Å²) in [5.41, 5.74) is 2.66. The highest BCUT2D eigenvalue weighted by Gasteiger charge is 2.30. The summed E-state index contributed by atoms with van der Waals surface area (Å²) in [7, 11) is 0.